The minimum atomic E-state index is -0.999. The molecule has 2 atom stereocenters. The molecule has 1 aliphatic heterocycles. The van der Waals surface area contributed by atoms with E-state index in [1.54, 1.807) is 6.92 Å². The third-order valence-electron chi connectivity index (χ3n) is 3.96. The summed E-state index contributed by atoms with van der Waals surface area (Å²) in [4.78, 5) is 24.3. The number of hydrogen-bond donors (Lipinski definition) is 2. The monoisotopic (exact) mass is 312 g/mol. The van der Waals surface area contributed by atoms with Crippen LogP contribution in [0.1, 0.15) is 31.0 Å². The number of urea groups is 1. The lowest BCUT2D eigenvalue weighted by Crippen LogP contribution is -2.46. The van der Waals surface area contributed by atoms with Crippen molar-refractivity contribution in [3.05, 3.63) is 34.9 Å². The lowest BCUT2D eigenvalue weighted by atomic mass is 9.93. The molecular formula is C15H18F2N2O3. The number of carbonyl (C=O) groups is 2. The van der Waals surface area contributed by atoms with Gasteiger partial charge in [0.2, 0.25) is 0 Å². The van der Waals surface area contributed by atoms with Crippen LogP contribution in [0.25, 0.3) is 0 Å². The average molecular weight is 312 g/mol. The van der Waals surface area contributed by atoms with Gasteiger partial charge in [-0.05, 0) is 30.5 Å². The summed E-state index contributed by atoms with van der Waals surface area (Å²) in [5, 5.41) is 11.3. The molecule has 1 aromatic rings. The van der Waals surface area contributed by atoms with Crippen molar-refractivity contribution >= 4 is 12.0 Å². The van der Waals surface area contributed by atoms with Crippen LogP contribution < -0.4 is 5.32 Å². The van der Waals surface area contributed by atoms with Gasteiger partial charge in [-0.15, -0.1) is 0 Å². The number of fused-ring (bicyclic) bond motifs is 1. The Labute approximate surface area is 126 Å². The number of benzene rings is 1. The SMILES string of the molecule is CC(CNC(=O)N1CCc2c(F)cc(F)cc2C1C)C(=O)O. The highest BCUT2D eigenvalue weighted by atomic mass is 19.1. The minimum absolute atomic E-state index is 0.00174. The van der Waals surface area contributed by atoms with Gasteiger partial charge < -0.3 is 15.3 Å². The van der Waals surface area contributed by atoms with Crippen molar-refractivity contribution < 1.29 is 23.5 Å². The quantitative estimate of drug-likeness (QED) is 0.900. The van der Waals surface area contributed by atoms with Crippen LogP contribution >= 0.6 is 0 Å². The Morgan fingerprint density at radius 3 is 2.77 bits per heavy atom. The van der Waals surface area contributed by atoms with Gasteiger partial charge in [0.15, 0.2) is 0 Å². The molecule has 0 aliphatic carbocycles. The Balaban J connectivity index is 2.11. The second kappa shape index (κ2) is 6.29. The highest BCUT2D eigenvalue weighted by molar-refractivity contribution is 5.76. The molecule has 1 heterocycles. The van der Waals surface area contributed by atoms with Gasteiger partial charge in [-0.2, -0.15) is 0 Å². The van der Waals surface area contributed by atoms with Crippen molar-refractivity contribution in [1.82, 2.24) is 10.2 Å². The Morgan fingerprint density at radius 1 is 1.45 bits per heavy atom. The fourth-order valence-corrected chi connectivity index (χ4v) is 2.56. The lowest BCUT2D eigenvalue weighted by molar-refractivity contribution is -0.140. The summed E-state index contributed by atoms with van der Waals surface area (Å²) in [6.07, 6.45) is 0.299. The molecule has 2 unspecified atom stereocenters. The third-order valence-corrected chi connectivity index (χ3v) is 3.96. The molecule has 0 radical (unpaired) electrons. The van der Waals surface area contributed by atoms with Crippen molar-refractivity contribution in [1.29, 1.82) is 0 Å². The number of carboxylic acid groups (broad SMARTS) is 1. The molecule has 120 valence electrons. The van der Waals surface area contributed by atoms with Crippen molar-refractivity contribution in [2.75, 3.05) is 13.1 Å². The van der Waals surface area contributed by atoms with Crippen molar-refractivity contribution in [2.45, 2.75) is 26.3 Å². The summed E-state index contributed by atoms with van der Waals surface area (Å²) in [7, 11) is 0. The predicted molar refractivity (Wildman–Crippen MR) is 75.4 cm³/mol. The maximum atomic E-state index is 13.8. The van der Waals surface area contributed by atoms with Gasteiger partial charge in [-0.1, -0.05) is 6.92 Å². The van der Waals surface area contributed by atoms with E-state index in [0.29, 0.717) is 24.1 Å². The summed E-state index contributed by atoms with van der Waals surface area (Å²) >= 11 is 0. The zero-order valence-electron chi connectivity index (χ0n) is 12.4. The minimum Gasteiger partial charge on any atom is -0.481 e. The summed E-state index contributed by atoms with van der Waals surface area (Å²) < 4.78 is 27.1. The van der Waals surface area contributed by atoms with E-state index in [4.69, 9.17) is 5.11 Å². The first kappa shape index (κ1) is 16.2. The molecule has 0 bridgehead atoms. The number of carbonyl (C=O) groups excluding carboxylic acids is 1. The van der Waals surface area contributed by atoms with Crippen molar-refractivity contribution in [3.8, 4) is 0 Å². The van der Waals surface area contributed by atoms with Gasteiger partial charge in [0, 0.05) is 19.2 Å². The van der Waals surface area contributed by atoms with E-state index in [9.17, 15) is 18.4 Å². The molecule has 22 heavy (non-hydrogen) atoms. The van der Waals surface area contributed by atoms with Crippen molar-refractivity contribution in [3.63, 3.8) is 0 Å². The van der Waals surface area contributed by atoms with Crippen LogP contribution in [-0.4, -0.2) is 35.1 Å². The first-order chi connectivity index (χ1) is 10.3. The van der Waals surface area contributed by atoms with Gasteiger partial charge in [0.05, 0.1) is 12.0 Å². The average Bonchev–Trinajstić information content (AvgIpc) is 2.45. The second-order valence-corrected chi connectivity index (χ2v) is 5.50. The van der Waals surface area contributed by atoms with Crippen LogP contribution in [0.4, 0.5) is 13.6 Å². The standard InChI is InChI=1S/C15H18F2N2O3/c1-8(14(20)21)7-18-15(22)19-4-3-11-12(9(19)2)5-10(16)6-13(11)17/h5-6,8-9H,3-4,7H2,1-2H3,(H,18,22)(H,20,21). The van der Waals surface area contributed by atoms with Gasteiger partial charge in [0.1, 0.15) is 11.6 Å². The zero-order valence-corrected chi connectivity index (χ0v) is 12.4. The van der Waals surface area contributed by atoms with Crippen LogP contribution in [0.3, 0.4) is 0 Å². The smallest absolute Gasteiger partial charge is 0.317 e. The van der Waals surface area contributed by atoms with E-state index in [2.05, 4.69) is 5.32 Å². The Morgan fingerprint density at radius 2 is 2.14 bits per heavy atom. The first-order valence-electron chi connectivity index (χ1n) is 7.06. The zero-order chi connectivity index (χ0) is 16.4. The fraction of sp³-hybridized carbons (Fsp3) is 0.467. The Kier molecular flexibility index (Phi) is 4.63. The molecule has 2 amide bonds. The van der Waals surface area contributed by atoms with Crippen LogP contribution in [-0.2, 0) is 11.2 Å². The molecule has 0 saturated carbocycles. The number of nitrogens with zero attached hydrogens (tertiary/aromatic N) is 1. The molecule has 1 aliphatic rings. The van der Waals surface area contributed by atoms with Gasteiger partial charge >= 0.3 is 12.0 Å². The normalized spacial score (nSPS) is 18.5. The summed E-state index contributed by atoms with van der Waals surface area (Å²) in [5.41, 5.74) is 0.877. The predicted octanol–water partition coefficient (Wildman–Crippen LogP) is 2.31. The van der Waals surface area contributed by atoms with E-state index in [0.717, 1.165) is 6.07 Å². The van der Waals surface area contributed by atoms with Gasteiger partial charge in [0.25, 0.3) is 0 Å². The van der Waals surface area contributed by atoms with Gasteiger partial charge in [-0.3, -0.25) is 4.79 Å². The second-order valence-electron chi connectivity index (χ2n) is 5.50. The molecule has 2 N–H and O–H groups in total. The summed E-state index contributed by atoms with van der Waals surface area (Å²) in [6.45, 7) is 3.48. The molecule has 0 fully saturated rings. The van der Waals surface area contributed by atoms with Crippen LogP contribution in [0.5, 0.6) is 0 Å². The first-order valence-corrected chi connectivity index (χ1v) is 7.06. The Hall–Kier alpha value is -2.18. The summed E-state index contributed by atoms with van der Waals surface area (Å²) in [6, 6.07) is 1.17. The molecule has 0 aromatic heterocycles. The number of amides is 2. The van der Waals surface area contributed by atoms with E-state index in [1.165, 1.54) is 17.9 Å². The molecule has 1 aromatic carbocycles. The maximum Gasteiger partial charge on any atom is 0.317 e. The molecule has 0 saturated heterocycles. The number of halogens is 2. The molecule has 2 rings (SSSR count). The van der Waals surface area contributed by atoms with E-state index in [-0.39, 0.29) is 6.54 Å². The van der Waals surface area contributed by atoms with Crippen LogP contribution in [0, 0.1) is 17.6 Å². The summed E-state index contributed by atoms with van der Waals surface area (Å²) in [5.74, 6) is -2.97. The topological polar surface area (TPSA) is 69.6 Å². The van der Waals surface area contributed by atoms with E-state index >= 15 is 0 Å². The molecule has 5 nitrogen and oxygen atoms in total. The van der Waals surface area contributed by atoms with Crippen LogP contribution in [0.15, 0.2) is 12.1 Å². The van der Waals surface area contributed by atoms with Crippen molar-refractivity contribution in [2.24, 2.45) is 5.92 Å². The Bertz CT molecular complexity index is 607. The number of rotatable bonds is 3. The fourth-order valence-electron chi connectivity index (χ4n) is 2.56. The third kappa shape index (κ3) is 3.18. The molecule has 0 spiro atoms. The number of nitrogens with one attached hydrogen (secondary N) is 1. The number of carboxylic acids is 1. The number of aliphatic carboxylic acids is 1. The molecular weight excluding hydrogens is 294 g/mol. The lowest BCUT2D eigenvalue weighted by Gasteiger charge is -2.35. The van der Waals surface area contributed by atoms with Crippen LogP contribution in [0.2, 0.25) is 0 Å². The highest BCUT2D eigenvalue weighted by Gasteiger charge is 2.30. The van der Waals surface area contributed by atoms with E-state index in [1.807, 2.05) is 0 Å². The number of hydrogen-bond acceptors (Lipinski definition) is 2. The maximum absolute atomic E-state index is 13.8. The largest absolute Gasteiger partial charge is 0.481 e. The molecule has 7 heteroatoms. The highest BCUT2D eigenvalue weighted by Crippen LogP contribution is 2.31. The van der Waals surface area contributed by atoms with E-state index < -0.39 is 35.6 Å². The van der Waals surface area contributed by atoms with Gasteiger partial charge in [-0.25, -0.2) is 13.6 Å².